The van der Waals surface area contributed by atoms with Gasteiger partial charge in [0.15, 0.2) is 0 Å². The van der Waals surface area contributed by atoms with E-state index in [2.05, 4.69) is 0 Å². The van der Waals surface area contributed by atoms with E-state index in [9.17, 15) is 23.1 Å². The number of methoxy groups -OCH3 is 2. The van der Waals surface area contributed by atoms with Crippen LogP contribution in [0.5, 0.6) is 11.5 Å². The van der Waals surface area contributed by atoms with Crippen molar-refractivity contribution < 1.29 is 32.6 Å². The lowest BCUT2D eigenvalue weighted by Gasteiger charge is -2.34. The number of carboxylic acids is 1. The van der Waals surface area contributed by atoms with Gasteiger partial charge in [-0.25, -0.2) is 8.42 Å². The Hall–Kier alpha value is -2.33. The summed E-state index contributed by atoms with van der Waals surface area (Å²) >= 11 is 0. The molecule has 0 atom stereocenters. The molecule has 144 valence electrons. The van der Waals surface area contributed by atoms with E-state index in [0.717, 1.165) is 0 Å². The summed E-state index contributed by atoms with van der Waals surface area (Å²) in [6.45, 7) is 0.605. The molecule has 26 heavy (non-hydrogen) atoms. The van der Waals surface area contributed by atoms with E-state index in [1.165, 1.54) is 35.6 Å². The zero-order valence-corrected chi connectivity index (χ0v) is 15.5. The first-order chi connectivity index (χ1) is 12.3. The predicted octanol–water partition coefficient (Wildman–Crippen LogP) is -0.933. The van der Waals surface area contributed by atoms with Gasteiger partial charge in [-0.2, -0.15) is 4.31 Å². The van der Waals surface area contributed by atoms with Crippen LogP contribution in [0.1, 0.15) is 12.8 Å². The number of sulfonamides is 1. The molecular formula is C16H21N2O7S-. The van der Waals surface area contributed by atoms with Crippen molar-refractivity contribution in [2.24, 2.45) is 0 Å². The smallest absolute Gasteiger partial charge is 0.247 e. The summed E-state index contributed by atoms with van der Waals surface area (Å²) in [4.78, 5) is 23.8. The fourth-order valence-corrected chi connectivity index (χ4v) is 4.26. The molecular weight excluding hydrogens is 364 g/mol. The summed E-state index contributed by atoms with van der Waals surface area (Å²) in [5.41, 5.74) is 0. The van der Waals surface area contributed by atoms with Crippen LogP contribution < -0.4 is 14.6 Å². The van der Waals surface area contributed by atoms with Gasteiger partial charge in [-0.15, -0.1) is 0 Å². The van der Waals surface area contributed by atoms with Gasteiger partial charge in [0.05, 0.1) is 14.2 Å². The third-order valence-electron chi connectivity index (χ3n) is 4.12. The van der Waals surface area contributed by atoms with Crippen molar-refractivity contribution in [3.05, 3.63) is 18.2 Å². The molecule has 0 unspecified atom stereocenters. The Morgan fingerprint density at radius 2 is 1.73 bits per heavy atom. The largest absolute Gasteiger partial charge is 0.550 e. The molecule has 2 rings (SSSR count). The first-order valence-corrected chi connectivity index (χ1v) is 9.43. The van der Waals surface area contributed by atoms with Crippen LogP contribution in [-0.4, -0.2) is 69.9 Å². The van der Waals surface area contributed by atoms with Crippen LogP contribution >= 0.6 is 0 Å². The van der Waals surface area contributed by atoms with Crippen molar-refractivity contribution in [2.75, 3.05) is 40.4 Å². The maximum Gasteiger partial charge on any atom is 0.247 e. The first-order valence-electron chi connectivity index (χ1n) is 7.99. The number of amides is 1. The molecule has 0 radical (unpaired) electrons. The molecule has 0 aliphatic carbocycles. The minimum absolute atomic E-state index is 0.00363. The average Bonchev–Trinajstić information content (AvgIpc) is 2.65. The van der Waals surface area contributed by atoms with Crippen LogP contribution in [0.4, 0.5) is 0 Å². The minimum atomic E-state index is -3.83. The van der Waals surface area contributed by atoms with E-state index in [1.807, 2.05) is 0 Å². The second-order valence-corrected chi connectivity index (χ2v) is 7.58. The van der Waals surface area contributed by atoms with Gasteiger partial charge in [0.1, 0.15) is 16.4 Å². The van der Waals surface area contributed by atoms with E-state index < -0.39 is 16.0 Å². The Morgan fingerprint density at radius 3 is 2.27 bits per heavy atom. The van der Waals surface area contributed by atoms with Crippen molar-refractivity contribution in [2.45, 2.75) is 17.7 Å². The van der Waals surface area contributed by atoms with Gasteiger partial charge >= 0.3 is 0 Å². The lowest BCUT2D eigenvalue weighted by atomic mass is 10.2. The van der Waals surface area contributed by atoms with Crippen LogP contribution in [-0.2, 0) is 19.6 Å². The summed E-state index contributed by atoms with van der Waals surface area (Å²) in [6, 6.07) is 4.52. The Morgan fingerprint density at radius 1 is 1.08 bits per heavy atom. The molecule has 0 N–H and O–H groups in total. The van der Waals surface area contributed by atoms with E-state index in [4.69, 9.17) is 9.47 Å². The zero-order chi connectivity index (χ0) is 19.3. The van der Waals surface area contributed by atoms with E-state index >= 15 is 0 Å². The molecule has 1 aromatic carbocycles. The normalized spacial score (nSPS) is 15.5. The Labute approximate surface area is 152 Å². The molecule has 1 heterocycles. The number of carboxylic acid groups (broad SMARTS) is 1. The third-order valence-corrected chi connectivity index (χ3v) is 6.04. The SMILES string of the molecule is COc1ccc(OC)c(S(=O)(=O)N2CCN(C(=O)CCC(=O)[O-])CC2)c1. The number of rotatable bonds is 7. The Balaban J connectivity index is 2.11. The molecule has 1 fully saturated rings. The molecule has 10 heteroatoms. The number of piperazine rings is 1. The van der Waals surface area contributed by atoms with Gasteiger partial charge in [0.2, 0.25) is 15.9 Å². The fourth-order valence-electron chi connectivity index (χ4n) is 2.67. The number of hydrogen-bond acceptors (Lipinski definition) is 7. The van der Waals surface area contributed by atoms with Crippen molar-refractivity contribution in [3.8, 4) is 11.5 Å². The second kappa shape index (κ2) is 8.37. The number of ether oxygens (including phenoxy) is 2. The van der Waals surface area contributed by atoms with Crippen molar-refractivity contribution in [1.82, 2.24) is 9.21 Å². The minimum Gasteiger partial charge on any atom is -0.550 e. The maximum absolute atomic E-state index is 12.9. The van der Waals surface area contributed by atoms with E-state index in [1.54, 1.807) is 6.07 Å². The van der Waals surface area contributed by atoms with Gasteiger partial charge in [-0.3, -0.25) is 4.79 Å². The summed E-state index contributed by atoms with van der Waals surface area (Å²) in [5.74, 6) is -1.02. The number of hydrogen-bond donors (Lipinski definition) is 0. The highest BCUT2D eigenvalue weighted by Gasteiger charge is 2.32. The second-order valence-electron chi connectivity index (χ2n) is 5.67. The standard InChI is InChI=1S/C16H22N2O7S/c1-24-12-3-4-13(25-2)14(11-12)26(22,23)18-9-7-17(8-10-18)15(19)5-6-16(20)21/h3-4,11H,5-10H2,1-2H3,(H,20,21)/p-1. The highest BCUT2D eigenvalue weighted by atomic mass is 32.2. The van der Waals surface area contributed by atoms with Crippen molar-refractivity contribution in [3.63, 3.8) is 0 Å². The molecule has 0 aromatic heterocycles. The highest BCUT2D eigenvalue weighted by molar-refractivity contribution is 7.89. The van der Waals surface area contributed by atoms with E-state index in [0.29, 0.717) is 5.75 Å². The Kier molecular flexibility index (Phi) is 6.43. The first kappa shape index (κ1) is 20.0. The van der Waals surface area contributed by atoms with Crippen LogP contribution in [0, 0.1) is 0 Å². The number of benzene rings is 1. The predicted molar refractivity (Wildman–Crippen MR) is 89.1 cm³/mol. The molecule has 9 nitrogen and oxygen atoms in total. The average molecular weight is 385 g/mol. The lowest BCUT2D eigenvalue weighted by molar-refractivity contribution is -0.305. The van der Waals surface area contributed by atoms with Crippen LogP contribution in [0.15, 0.2) is 23.1 Å². The summed E-state index contributed by atoms with van der Waals surface area (Å²) in [7, 11) is -1.00. The quantitative estimate of drug-likeness (QED) is 0.595. The topological polar surface area (TPSA) is 116 Å². The number of aliphatic carboxylic acids is 1. The monoisotopic (exact) mass is 385 g/mol. The van der Waals surface area contributed by atoms with Gasteiger partial charge < -0.3 is 24.3 Å². The number of carbonyl (C=O) groups excluding carboxylic acids is 2. The van der Waals surface area contributed by atoms with Gasteiger partial charge in [0, 0.05) is 44.6 Å². The fraction of sp³-hybridized carbons (Fsp3) is 0.500. The number of nitrogens with zero attached hydrogens (tertiary/aromatic N) is 2. The van der Waals surface area contributed by atoms with Crippen LogP contribution in [0.2, 0.25) is 0 Å². The molecule has 1 saturated heterocycles. The molecule has 0 saturated carbocycles. The summed E-state index contributed by atoms with van der Waals surface area (Å²) < 4.78 is 37.4. The summed E-state index contributed by atoms with van der Waals surface area (Å²) in [6.07, 6.45) is -0.503. The van der Waals surface area contributed by atoms with Crippen molar-refractivity contribution in [1.29, 1.82) is 0 Å². The molecule has 1 aliphatic rings. The van der Waals surface area contributed by atoms with Gasteiger partial charge in [-0.1, -0.05) is 0 Å². The molecule has 1 aliphatic heterocycles. The lowest BCUT2D eigenvalue weighted by Crippen LogP contribution is -2.50. The third kappa shape index (κ3) is 4.44. The van der Waals surface area contributed by atoms with Crippen molar-refractivity contribution >= 4 is 21.9 Å². The Bertz CT molecular complexity index is 771. The van der Waals surface area contributed by atoms with Crippen LogP contribution in [0.3, 0.4) is 0 Å². The van der Waals surface area contributed by atoms with Gasteiger partial charge in [0.25, 0.3) is 0 Å². The zero-order valence-electron chi connectivity index (χ0n) is 14.6. The van der Waals surface area contributed by atoms with E-state index in [-0.39, 0.29) is 55.6 Å². The molecule has 1 amide bonds. The molecule has 0 spiro atoms. The van der Waals surface area contributed by atoms with Crippen LogP contribution in [0.25, 0.3) is 0 Å². The molecule has 1 aromatic rings. The molecule has 0 bridgehead atoms. The maximum atomic E-state index is 12.9. The number of carbonyl (C=O) groups is 2. The summed E-state index contributed by atoms with van der Waals surface area (Å²) in [5, 5.41) is 10.4. The highest BCUT2D eigenvalue weighted by Crippen LogP contribution is 2.31. The van der Waals surface area contributed by atoms with Gasteiger partial charge in [-0.05, 0) is 18.6 Å².